The molecule has 2 unspecified atom stereocenters. The number of hydrogen-bond donors (Lipinski definition) is 2. The Morgan fingerprint density at radius 1 is 1.33 bits per heavy atom. The summed E-state index contributed by atoms with van der Waals surface area (Å²) >= 11 is 0. The lowest BCUT2D eigenvalue weighted by Gasteiger charge is -2.29. The molecule has 0 aromatic heterocycles. The first kappa shape index (κ1) is 14.4. The van der Waals surface area contributed by atoms with Gasteiger partial charge in [0.2, 0.25) is 0 Å². The first-order valence-corrected chi connectivity index (χ1v) is 8.04. The molecule has 0 spiro atoms. The Bertz CT molecular complexity index is 491. The summed E-state index contributed by atoms with van der Waals surface area (Å²) in [7, 11) is 0. The van der Waals surface area contributed by atoms with Crippen molar-refractivity contribution in [2.45, 2.75) is 57.2 Å². The van der Waals surface area contributed by atoms with Gasteiger partial charge < -0.3 is 15.4 Å². The summed E-state index contributed by atoms with van der Waals surface area (Å²) in [6.45, 7) is 2.75. The van der Waals surface area contributed by atoms with Gasteiger partial charge in [-0.25, -0.2) is 0 Å². The van der Waals surface area contributed by atoms with Crippen LogP contribution >= 0.6 is 0 Å². The maximum atomic E-state index is 12.4. The van der Waals surface area contributed by atoms with Crippen LogP contribution < -0.4 is 15.4 Å². The molecule has 2 atom stereocenters. The van der Waals surface area contributed by atoms with Crippen LogP contribution in [0, 0.1) is 0 Å². The van der Waals surface area contributed by atoms with Gasteiger partial charge in [0.1, 0.15) is 5.75 Å². The van der Waals surface area contributed by atoms with Crippen molar-refractivity contribution in [3.05, 3.63) is 29.8 Å². The fourth-order valence-electron chi connectivity index (χ4n) is 3.39. The zero-order valence-corrected chi connectivity index (χ0v) is 12.6. The Morgan fingerprint density at radius 3 is 2.81 bits per heavy atom. The molecule has 0 aliphatic carbocycles. The molecule has 114 valence electrons. The number of ether oxygens (including phenoxy) is 1. The second kappa shape index (κ2) is 6.48. The number of nitrogens with one attached hydrogen (secondary N) is 2. The van der Waals surface area contributed by atoms with E-state index in [-0.39, 0.29) is 5.91 Å². The van der Waals surface area contributed by atoms with Gasteiger partial charge in [0, 0.05) is 23.7 Å². The van der Waals surface area contributed by atoms with E-state index < -0.39 is 0 Å². The van der Waals surface area contributed by atoms with Gasteiger partial charge in [-0.3, -0.25) is 4.79 Å². The molecule has 2 N–H and O–H groups in total. The molecule has 0 saturated carbocycles. The van der Waals surface area contributed by atoms with Gasteiger partial charge in [-0.2, -0.15) is 0 Å². The van der Waals surface area contributed by atoms with Gasteiger partial charge in [0.25, 0.3) is 5.91 Å². The second-order valence-electron chi connectivity index (χ2n) is 6.16. The minimum absolute atomic E-state index is 0.0169. The number of carbonyl (C=O) groups excluding carboxylic acids is 1. The number of rotatable bonds is 5. The maximum absolute atomic E-state index is 12.4. The van der Waals surface area contributed by atoms with Crippen molar-refractivity contribution in [1.82, 2.24) is 10.6 Å². The summed E-state index contributed by atoms with van der Waals surface area (Å²) in [4.78, 5) is 12.4. The summed E-state index contributed by atoms with van der Waals surface area (Å²) in [5.74, 6) is 0.790. The van der Waals surface area contributed by atoms with E-state index in [0.717, 1.165) is 25.0 Å². The number of benzene rings is 1. The van der Waals surface area contributed by atoms with E-state index >= 15 is 0 Å². The Kier molecular flexibility index (Phi) is 4.44. The van der Waals surface area contributed by atoms with Crippen molar-refractivity contribution in [1.29, 1.82) is 0 Å². The van der Waals surface area contributed by atoms with Gasteiger partial charge in [-0.05, 0) is 50.3 Å². The number of amides is 1. The monoisotopic (exact) mass is 288 g/mol. The Morgan fingerprint density at radius 2 is 2.10 bits per heavy atom. The highest BCUT2D eigenvalue weighted by Crippen LogP contribution is 2.27. The number of carbonyl (C=O) groups is 1. The predicted octanol–water partition coefficient (Wildman–Crippen LogP) is 2.49. The van der Waals surface area contributed by atoms with Crippen molar-refractivity contribution in [2.24, 2.45) is 0 Å². The van der Waals surface area contributed by atoms with Gasteiger partial charge in [0.05, 0.1) is 6.61 Å². The SMILES string of the molecule is CCCOc1cccc(C(=O)NC2CC3CCC(C2)N3)c1. The highest BCUT2D eigenvalue weighted by atomic mass is 16.5. The molecule has 2 saturated heterocycles. The molecular weight excluding hydrogens is 264 g/mol. The third-order valence-electron chi connectivity index (χ3n) is 4.38. The highest BCUT2D eigenvalue weighted by Gasteiger charge is 2.34. The van der Waals surface area contributed by atoms with Crippen LogP contribution in [0.4, 0.5) is 0 Å². The van der Waals surface area contributed by atoms with Crippen LogP contribution in [-0.4, -0.2) is 30.6 Å². The molecule has 3 rings (SSSR count). The normalized spacial score (nSPS) is 27.4. The Balaban J connectivity index is 1.60. The summed E-state index contributed by atoms with van der Waals surface area (Å²) in [5.41, 5.74) is 0.689. The van der Waals surface area contributed by atoms with Crippen LogP contribution in [0.25, 0.3) is 0 Å². The minimum Gasteiger partial charge on any atom is -0.494 e. The van der Waals surface area contributed by atoms with Crippen molar-refractivity contribution >= 4 is 5.91 Å². The van der Waals surface area contributed by atoms with Crippen LogP contribution in [0.1, 0.15) is 49.4 Å². The van der Waals surface area contributed by atoms with Crippen molar-refractivity contribution in [2.75, 3.05) is 6.61 Å². The number of fused-ring (bicyclic) bond motifs is 2. The van der Waals surface area contributed by atoms with Crippen LogP contribution in [0.2, 0.25) is 0 Å². The van der Waals surface area contributed by atoms with Crippen molar-refractivity contribution in [3.8, 4) is 5.75 Å². The predicted molar refractivity (Wildman–Crippen MR) is 82.7 cm³/mol. The molecule has 2 heterocycles. The molecule has 21 heavy (non-hydrogen) atoms. The van der Waals surface area contributed by atoms with Gasteiger partial charge in [-0.15, -0.1) is 0 Å². The summed E-state index contributed by atoms with van der Waals surface area (Å²) in [6, 6.07) is 8.95. The average Bonchev–Trinajstić information content (AvgIpc) is 2.84. The van der Waals surface area contributed by atoms with Crippen LogP contribution in [0.5, 0.6) is 5.75 Å². The summed E-state index contributed by atoms with van der Waals surface area (Å²) < 4.78 is 5.59. The first-order valence-electron chi connectivity index (χ1n) is 8.04. The van der Waals surface area contributed by atoms with Gasteiger partial charge in [-0.1, -0.05) is 13.0 Å². The largest absolute Gasteiger partial charge is 0.494 e. The smallest absolute Gasteiger partial charge is 0.251 e. The van der Waals surface area contributed by atoms with Gasteiger partial charge >= 0.3 is 0 Å². The van der Waals surface area contributed by atoms with Crippen LogP contribution in [0.15, 0.2) is 24.3 Å². The third-order valence-corrected chi connectivity index (χ3v) is 4.38. The number of piperidine rings is 1. The molecule has 1 aromatic carbocycles. The van der Waals surface area contributed by atoms with Crippen LogP contribution in [-0.2, 0) is 0 Å². The van der Waals surface area contributed by atoms with Crippen LogP contribution in [0.3, 0.4) is 0 Å². The van der Waals surface area contributed by atoms with E-state index in [9.17, 15) is 4.79 Å². The standard InChI is InChI=1S/C17H24N2O2/c1-2-8-21-16-5-3-4-12(9-16)17(20)19-15-10-13-6-7-14(11-15)18-13/h3-5,9,13-15,18H,2,6-8,10-11H2,1H3,(H,19,20). The van der Waals surface area contributed by atoms with E-state index in [0.29, 0.717) is 30.3 Å². The van der Waals surface area contributed by atoms with Crippen molar-refractivity contribution < 1.29 is 9.53 Å². The zero-order valence-electron chi connectivity index (χ0n) is 12.6. The summed E-state index contributed by atoms with van der Waals surface area (Å²) in [6.07, 6.45) is 5.56. The molecule has 1 aromatic rings. The molecule has 1 amide bonds. The van der Waals surface area contributed by atoms with Gasteiger partial charge in [0.15, 0.2) is 0 Å². The van der Waals surface area contributed by atoms with E-state index in [4.69, 9.17) is 4.74 Å². The van der Waals surface area contributed by atoms with E-state index in [1.54, 1.807) is 0 Å². The average molecular weight is 288 g/mol. The zero-order chi connectivity index (χ0) is 14.7. The lowest BCUT2D eigenvalue weighted by Crippen LogP contribution is -2.48. The topological polar surface area (TPSA) is 50.4 Å². The Hall–Kier alpha value is -1.55. The molecular formula is C17H24N2O2. The molecule has 0 radical (unpaired) electrons. The molecule has 2 bridgehead atoms. The second-order valence-corrected chi connectivity index (χ2v) is 6.16. The lowest BCUT2D eigenvalue weighted by atomic mass is 9.99. The molecule has 4 nitrogen and oxygen atoms in total. The van der Waals surface area contributed by atoms with Crippen molar-refractivity contribution in [3.63, 3.8) is 0 Å². The van der Waals surface area contributed by atoms with E-state index in [1.807, 2.05) is 24.3 Å². The molecule has 2 aliphatic rings. The third kappa shape index (κ3) is 3.56. The highest BCUT2D eigenvalue weighted by molar-refractivity contribution is 5.94. The first-order chi connectivity index (χ1) is 10.2. The maximum Gasteiger partial charge on any atom is 0.251 e. The lowest BCUT2D eigenvalue weighted by molar-refractivity contribution is 0.0923. The molecule has 2 fully saturated rings. The molecule has 2 aliphatic heterocycles. The van der Waals surface area contributed by atoms with E-state index in [1.165, 1.54) is 12.8 Å². The molecule has 4 heteroatoms. The fraction of sp³-hybridized carbons (Fsp3) is 0.588. The number of hydrogen-bond acceptors (Lipinski definition) is 3. The Labute approximate surface area is 126 Å². The quantitative estimate of drug-likeness (QED) is 0.875. The van der Waals surface area contributed by atoms with E-state index in [2.05, 4.69) is 17.6 Å². The fourth-order valence-corrected chi connectivity index (χ4v) is 3.39. The summed E-state index contributed by atoms with van der Waals surface area (Å²) in [5, 5.41) is 6.78. The minimum atomic E-state index is 0.0169.